The monoisotopic (exact) mass is 470 g/mol. The van der Waals surface area contributed by atoms with E-state index in [1.807, 2.05) is 18.2 Å². The molecule has 1 amide bonds. The van der Waals surface area contributed by atoms with Crippen molar-refractivity contribution in [2.24, 2.45) is 0 Å². The van der Waals surface area contributed by atoms with Gasteiger partial charge in [0.25, 0.3) is 5.91 Å². The van der Waals surface area contributed by atoms with Crippen LogP contribution in [0.15, 0.2) is 59.5 Å². The van der Waals surface area contributed by atoms with Crippen molar-refractivity contribution in [2.45, 2.75) is 30.6 Å². The van der Waals surface area contributed by atoms with Gasteiger partial charge in [0.05, 0.1) is 4.90 Å². The number of piperidine rings is 1. The molecule has 1 N–H and O–H groups in total. The van der Waals surface area contributed by atoms with Crippen LogP contribution >= 0.6 is 11.3 Å². The largest absolute Gasteiger partial charge is 0.320 e. The molecule has 1 atom stereocenters. The first kappa shape index (κ1) is 22.3. The fourth-order valence-corrected chi connectivity index (χ4v) is 5.96. The Morgan fingerprint density at radius 1 is 1.06 bits per heavy atom. The van der Waals surface area contributed by atoms with Crippen LogP contribution in [0.4, 0.5) is 5.69 Å². The van der Waals surface area contributed by atoms with E-state index in [-0.39, 0.29) is 34.1 Å². The highest BCUT2D eigenvalue weighted by atomic mass is 32.2. The number of rotatable bonds is 6. The molecule has 1 aromatic heterocycles. The number of aromatic nitrogens is 2. The van der Waals surface area contributed by atoms with Gasteiger partial charge in [-0.3, -0.25) is 9.59 Å². The molecule has 0 spiro atoms. The van der Waals surface area contributed by atoms with Crippen LogP contribution in [0.3, 0.4) is 0 Å². The van der Waals surface area contributed by atoms with Crippen LogP contribution in [0.5, 0.6) is 0 Å². The third-order valence-electron chi connectivity index (χ3n) is 5.30. The van der Waals surface area contributed by atoms with E-state index in [4.69, 9.17) is 0 Å². The van der Waals surface area contributed by atoms with Crippen LogP contribution in [-0.4, -0.2) is 47.7 Å². The average Bonchev–Trinajstić information content (AvgIpc) is 3.30. The maximum atomic E-state index is 13.1. The molecule has 0 aliphatic carbocycles. The van der Waals surface area contributed by atoms with E-state index in [0.717, 1.165) is 6.42 Å². The summed E-state index contributed by atoms with van der Waals surface area (Å²) >= 11 is 1.19. The number of benzene rings is 2. The van der Waals surface area contributed by atoms with E-state index in [2.05, 4.69) is 15.5 Å². The van der Waals surface area contributed by atoms with Crippen molar-refractivity contribution in [3.63, 3.8) is 0 Å². The van der Waals surface area contributed by atoms with E-state index in [0.29, 0.717) is 29.2 Å². The number of hydrogen-bond acceptors (Lipinski definition) is 7. The first-order chi connectivity index (χ1) is 15.3. The number of nitrogens with one attached hydrogen (secondary N) is 1. The van der Waals surface area contributed by atoms with Gasteiger partial charge in [0.2, 0.25) is 15.0 Å². The molecule has 1 fully saturated rings. The third kappa shape index (κ3) is 4.77. The summed E-state index contributed by atoms with van der Waals surface area (Å²) < 4.78 is 27.7. The normalized spacial score (nSPS) is 17.1. The fraction of sp³-hybridized carbons (Fsp3) is 0.273. The van der Waals surface area contributed by atoms with Gasteiger partial charge in [0, 0.05) is 30.3 Å². The van der Waals surface area contributed by atoms with Gasteiger partial charge in [-0.1, -0.05) is 41.7 Å². The number of sulfonamides is 1. The molecule has 10 heteroatoms. The number of anilines is 1. The van der Waals surface area contributed by atoms with Gasteiger partial charge in [-0.05, 0) is 44.0 Å². The van der Waals surface area contributed by atoms with Gasteiger partial charge >= 0.3 is 0 Å². The van der Waals surface area contributed by atoms with E-state index in [1.165, 1.54) is 46.8 Å². The number of Topliss-reactive ketones (excluding diaryl/α,β-unsaturated/α-hetero) is 1. The van der Waals surface area contributed by atoms with Crippen LogP contribution in [-0.2, 0) is 10.0 Å². The van der Waals surface area contributed by atoms with Crippen molar-refractivity contribution in [3.05, 3.63) is 70.2 Å². The molecule has 2 heterocycles. The van der Waals surface area contributed by atoms with Gasteiger partial charge in [-0.25, -0.2) is 8.42 Å². The van der Waals surface area contributed by atoms with E-state index in [9.17, 15) is 18.0 Å². The lowest BCUT2D eigenvalue weighted by molar-refractivity contribution is 0.101. The second kappa shape index (κ2) is 9.27. The SMILES string of the molecule is CC(=O)c1ccc(S(=O)(=O)N2CCC[C@@H](c3nnc(C(=O)Nc4ccccc4)s3)C2)cc1. The lowest BCUT2D eigenvalue weighted by atomic mass is 10.0. The van der Waals surface area contributed by atoms with Gasteiger partial charge < -0.3 is 5.32 Å². The van der Waals surface area contributed by atoms with Gasteiger partial charge in [-0.2, -0.15) is 4.31 Å². The Morgan fingerprint density at radius 2 is 1.78 bits per heavy atom. The Hall–Kier alpha value is -2.95. The molecule has 2 aromatic carbocycles. The zero-order valence-electron chi connectivity index (χ0n) is 17.4. The topological polar surface area (TPSA) is 109 Å². The minimum atomic E-state index is -3.70. The van der Waals surface area contributed by atoms with Crippen molar-refractivity contribution >= 4 is 38.7 Å². The van der Waals surface area contributed by atoms with Crippen molar-refractivity contribution in [2.75, 3.05) is 18.4 Å². The summed E-state index contributed by atoms with van der Waals surface area (Å²) in [5.41, 5.74) is 1.13. The van der Waals surface area contributed by atoms with Crippen molar-refractivity contribution in [1.82, 2.24) is 14.5 Å². The number of carbonyl (C=O) groups is 2. The number of hydrogen-bond donors (Lipinski definition) is 1. The van der Waals surface area contributed by atoms with Crippen LogP contribution in [0, 0.1) is 0 Å². The highest BCUT2D eigenvalue weighted by molar-refractivity contribution is 7.89. The minimum Gasteiger partial charge on any atom is -0.320 e. The molecule has 0 radical (unpaired) electrons. The highest BCUT2D eigenvalue weighted by Gasteiger charge is 2.33. The Bertz CT molecular complexity index is 1220. The summed E-state index contributed by atoms with van der Waals surface area (Å²) in [6.07, 6.45) is 1.45. The van der Waals surface area contributed by atoms with Gasteiger partial charge in [0.1, 0.15) is 5.01 Å². The third-order valence-corrected chi connectivity index (χ3v) is 8.26. The van der Waals surface area contributed by atoms with Crippen molar-refractivity contribution in [1.29, 1.82) is 0 Å². The molecule has 1 aliphatic heterocycles. The molecule has 32 heavy (non-hydrogen) atoms. The summed E-state index contributed by atoms with van der Waals surface area (Å²) in [6, 6.07) is 15.1. The number of ketones is 1. The summed E-state index contributed by atoms with van der Waals surface area (Å²) in [6.45, 7) is 2.12. The first-order valence-electron chi connectivity index (χ1n) is 10.2. The lowest BCUT2D eigenvalue weighted by Gasteiger charge is -2.30. The lowest BCUT2D eigenvalue weighted by Crippen LogP contribution is -2.39. The van der Waals surface area contributed by atoms with Crippen LogP contribution in [0.2, 0.25) is 0 Å². The molecule has 0 unspecified atom stereocenters. The maximum absolute atomic E-state index is 13.1. The summed E-state index contributed by atoms with van der Waals surface area (Å²) in [7, 11) is -3.70. The molecule has 3 aromatic rings. The van der Waals surface area contributed by atoms with E-state index < -0.39 is 10.0 Å². The van der Waals surface area contributed by atoms with Crippen LogP contribution in [0.1, 0.15) is 50.9 Å². The maximum Gasteiger partial charge on any atom is 0.286 e. The Kier molecular flexibility index (Phi) is 6.45. The number of nitrogens with zero attached hydrogens (tertiary/aromatic N) is 3. The standard InChI is InChI=1S/C22H22N4O4S2/c1-15(27)16-9-11-19(12-10-16)32(29,30)26-13-5-6-17(14-26)21-24-25-22(31-21)20(28)23-18-7-3-2-4-8-18/h2-4,7-12,17H,5-6,13-14H2,1H3,(H,23,28)/t17-/m1/s1. The predicted octanol–water partition coefficient (Wildman–Crippen LogP) is 3.56. The Labute approximate surface area is 190 Å². The summed E-state index contributed by atoms with van der Waals surface area (Å²) in [4.78, 5) is 24.1. The smallest absolute Gasteiger partial charge is 0.286 e. The molecule has 0 bridgehead atoms. The molecular weight excluding hydrogens is 448 g/mol. The van der Waals surface area contributed by atoms with Crippen molar-refractivity contribution in [3.8, 4) is 0 Å². The highest BCUT2D eigenvalue weighted by Crippen LogP contribution is 2.32. The quantitative estimate of drug-likeness (QED) is 0.552. The Morgan fingerprint density at radius 3 is 2.47 bits per heavy atom. The van der Waals surface area contributed by atoms with Crippen LogP contribution in [0.25, 0.3) is 0 Å². The molecular formula is C22H22N4O4S2. The fourth-order valence-electron chi connectivity index (χ4n) is 3.57. The first-order valence-corrected chi connectivity index (χ1v) is 12.4. The molecule has 1 saturated heterocycles. The predicted molar refractivity (Wildman–Crippen MR) is 121 cm³/mol. The number of amides is 1. The minimum absolute atomic E-state index is 0.115. The second-order valence-corrected chi connectivity index (χ2v) is 10.5. The second-order valence-electron chi connectivity index (χ2n) is 7.55. The van der Waals surface area contributed by atoms with E-state index >= 15 is 0 Å². The molecule has 8 nitrogen and oxygen atoms in total. The average molecular weight is 471 g/mol. The summed E-state index contributed by atoms with van der Waals surface area (Å²) in [5, 5.41) is 11.9. The number of carbonyl (C=O) groups excluding carboxylic acids is 2. The molecule has 166 valence electrons. The molecule has 0 saturated carbocycles. The van der Waals surface area contributed by atoms with Crippen molar-refractivity contribution < 1.29 is 18.0 Å². The summed E-state index contributed by atoms with van der Waals surface area (Å²) in [5.74, 6) is -0.591. The van der Waals surface area contributed by atoms with Crippen LogP contribution < -0.4 is 5.32 Å². The molecule has 1 aliphatic rings. The molecule has 4 rings (SSSR count). The van der Waals surface area contributed by atoms with Gasteiger partial charge in [0.15, 0.2) is 5.78 Å². The van der Waals surface area contributed by atoms with E-state index in [1.54, 1.807) is 12.1 Å². The van der Waals surface area contributed by atoms with Gasteiger partial charge in [-0.15, -0.1) is 10.2 Å². The zero-order valence-corrected chi connectivity index (χ0v) is 19.0. The number of para-hydroxylation sites is 1. The Balaban J connectivity index is 1.47. The zero-order chi connectivity index (χ0) is 22.7.